The van der Waals surface area contributed by atoms with E-state index in [9.17, 15) is 0 Å². The Labute approximate surface area is 258 Å². The van der Waals surface area contributed by atoms with Gasteiger partial charge in [0.05, 0.1) is 19.0 Å². The monoisotopic (exact) mass is 610 g/mol. The molecule has 0 bridgehead atoms. The molecular formula is C35H70O4Si2. The summed E-state index contributed by atoms with van der Waals surface area (Å²) in [4.78, 5) is 0. The Balaban J connectivity index is 3.88. The standard InChI is InChI=1S/C35H70O4Si2/c1-25(2)18-17-21-35(15)32(22-37-24-36-16)19-20-34(39-41(29(9)10,30(11)12)31(13)14)33(35)23-38-40(26(3)4,27(5)6)28(7)8/h18,26-32H,17,19-24H2,1-16H3/t32-,35-/m0/s1. The summed E-state index contributed by atoms with van der Waals surface area (Å²) in [5, 5.41) is 0. The summed E-state index contributed by atoms with van der Waals surface area (Å²) in [6, 6.07) is 0. The minimum Gasteiger partial charge on any atom is -0.546 e. The van der Waals surface area contributed by atoms with Gasteiger partial charge in [0.25, 0.3) is 8.32 Å². The van der Waals surface area contributed by atoms with Crippen molar-refractivity contribution >= 4 is 16.6 Å². The first-order valence-corrected chi connectivity index (χ1v) is 21.0. The van der Waals surface area contributed by atoms with Crippen molar-refractivity contribution in [3.8, 4) is 0 Å². The third-order valence-corrected chi connectivity index (χ3v) is 22.6. The van der Waals surface area contributed by atoms with Gasteiger partial charge < -0.3 is 18.3 Å². The molecule has 0 heterocycles. The lowest BCUT2D eigenvalue weighted by Gasteiger charge is -2.50. The third-order valence-electron chi connectivity index (χ3n) is 10.6. The fraction of sp³-hybridized carbons (Fsp3) is 0.886. The molecule has 242 valence electrons. The zero-order valence-electron chi connectivity index (χ0n) is 30.2. The summed E-state index contributed by atoms with van der Waals surface area (Å²) < 4.78 is 26.4. The molecule has 0 unspecified atom stereocenters. The van der Waals surface area contributed by atoms with Crippen LogP contribution in [0, 0.1) is 11.3 Å². The Morgan fingerprint density at radius 2 is 1.32 bits per heavy atom. The van der Waals surface area contributed by atoms with Crippen LogP contribution >= 0.6 is 0 Å². The van der Waals surface area contributed by atoms with E-state index in [1.807, 2.05) is 0 Å². The molecule has 0 spiro atoms. The lowest BCUT2D eigenvalue weighted by molar-refractivity contribution is -0.0620. The van der Waals surface area contributed by atoms with Gasteiger partial charge in [0.1, 0.15) is 6.79 Å². The summed E-state index contributed by atoms with van der Waals surface area (Å²) in [6.07, 6.45) is 6.57. The van der Waals surface area contributed by atoms with Gasteiger partial charge in [-0.05, 0) is 83.3 Å². The first kappa shape index (κ1) is 38.6. The van der Waals surface area contributed by atoms with Gasteiger partial charge in [0.2, 0.25) is 8.32 Å². The Bertz CT molecular complexity index is 796. The highest BCUT2D eigenvalue weighted by Crippen LogP contribution is 2.53. The first-order chi connectivity index (χ1) is 18.9. The third kappa shape index (κ3) is 8.83. The molecule has 0 radical (unpaired) electrons. The molecule has 0 amide bonds. The van der Waals surface area contributed by atoms with E-state index in [0.717, 1.165) is 25.7 Å². The number of ether oxygens (including phenoxy) is 2. The van der Waals surface area contributed by atoms with Gasteiger partial charge in [0, 0.05) is 13.5 Å². The number of hydrogen-bond donors (Lipinski definition) is 0. The molecule has 1 aliphatic carbocycles. The van der Waals surface area contributed by atoms with Crippen LogP contribution < -0.4 is 0 Å². The van der Waals surface area contributed by atoms with E-state index >= 15 is 0 Å². The van der Waals surface area contributed by atoms with Gasteiger partial charge in [0.15, 0.2) is 0 Å². The molecule has 0 N–H and O–H groups in total. The number of hydrogen-bond acceptors (Lipinski definition) is 4. The normalized spacial score (nSPS) is 20.9. The maximum atomic E-state index is 7.59. The van der Waals surface area contributed by atoms with Gasteiger partial charge in [-0.3, -0.25) is 0 Å². The lowest BCUT2D eigenvalue weighted by atomic mass is 9.63. The molecule has 4 nitrogen and oxygen atoms in total. The van der Waals surface area contributed by atoms with Crippen molar-refractivity contribution < 1.29 is 18.3 Å². The summed E-state index contributed by atoms with van der Waals surface area (Å²) in [5.74, 6) is 1.66. The average molecular weight is 611 g/mol. The lowest BCUT2D eigenvalue weighted by Crippen LogP contribution is -2.51. The second kappa shape index (κ2) is 16.6. The average Bonchev–Trinajstić information content (AvgIpc) is 2.83. The smallest absolute Gasteiger partial charge is 0.258 e. The molecule has 41 heavy (non-hydrogen) atoms. The van der Waals surface area contributed by atoms with Crippen LogP contribution in [0.4, 0.5) is 0 Å². The molecule has 0 fully saturated rings. The number of allylic oxidation sites excluding steroid dienone is 3. The van der Waals surface area contributed by atoms with Crippen LogP contribution in [0.15, 0.2) is 23.0 Å². The molecule has 2 atom stereocenters. The van der Waals surface area contributed by atoms with E-state index in [4.69, 9.17) is 18.3 Å². The predicted octanol–water partition coefficient (Wildman–Crippen LogP) is 11.4. The quantitative estimate of drug-likeness (QED) is 0.0669. The van der Waals surface area contributed by atoms with Crippen molar-refractivity contribution in [3.63, 3.8) is 0 Å². The second-order valence-corrected chi connectivity index (χ2v) is 26.0. The van der Waals surface area contributed by atoms with Crippen LogP contribution in [0.2, 0.25) is 33.2 Å². The van der Waals surface area contributed by atoms with E-state index in [1.54, 1.807) is 7.11 Å². The predicted molar refractivity (Wildman–Crippen MR) is 183 cm³/mol. The molecule has 6 heteroatoms. The summed E-state index contributed by atoms with van der Waals surface area (Å²) in [7, 11) is -2.49. The molecule has 1 rings (SSSR count). The largest absolute Gasteiger partial charge is 0.546 e. The Kier molecular flexibility index (Phi) is 15.6. The number of rotatable bonds is 18. The van der Waals surface area contributed by atoms with Gasteiger partial charge >= 0.3 is 0 Å². The molecule has 1 aliphatic rings. The Hall–Kier alpha value is -0.406. The van der Waals surface area contributed by atoms with Crippen molar-refractivity contribution in [1.29, 1.82) is 0 Å². The first-order valence-electron chi connectivity index (χ1n) is 16.7. The van der Waals surface area contributed by atoms with Crippen molar-refractivity contribution in [1.82, 2.24) is 0 Å². The van der Waals surface area contributed by atoms with Crippen molar-refractivity contribution in [2.24, 2.45) is 11.3 Å². The minimum absolute atomic E-state index is 0.0660. The maximum absolute atomic E-state index is 7.59. The molecule has 0 aromatic heterocycles. The Morgan fingerprint density at radius 1 is 0.829 bits per heavy atom. The fourth-order valence-electron chi connectivity index (χ4n) is 8.52. The van der Waals surface area contributed by atoms with Crippen molar-refractivity contribution in [2.45, 2.75) is 163 Å². The molecule has 0 aromatic carbocycles. The Morgan fingerprint density at radius 3 is 1.73 bits per heavy atom. The zero-order chi connectivity index (χ0) is 31.8. The van der Waals surface area contributed by atoms with Crippen LogP contribution in [-0.4, -0.2) is 43.8 Å². The molecule has 0 saturated carbocycles. The minimum atomic E-state index is -2.13. The zero-order valence-corrected chi connectivity index (χ0v) is 32.2. The van der Waals surface area contributed by atoms with Gasteiger partial charge in [-0.25, -0.2) is 0 Å². The van der Waals surface area contributed by atoms with E-state index in [2.05, 4.69) is 110 Å². The SMILES string of the molecule is COCOC[C@@H]1CCC(O[Si](C(C)C)(C(C)C)C(C)C)=C(CO[Si](C(C)C)(C(C)C)C(C)C)[C@@]1(C)CCC=C(C)C. The highest BCUT2D eigenvalue weighted by Gasteiger charge is 2.51. The van der Waals surface area contributed by atoms with Gasteiger partial charge in [-0.15, -0.1) is 0 Å². The van der Waals surface area contributed by atoms with Crippen molar-refractivity contribution in [2.75, 3.05) is 27.1 Å². The summed E-state index contributed by atoms with van der Waals surface area (Å²) in [5.41, 5.74) is 5.98. The van der Waals surface area contributed by atoms with Crippen LogP contribution in [0.25, 0.3) is 0 Å². The molecular weight excluding hydrogens is 541 g/mol. The van der Waals surface area contributed by atoms with Crippen LogP contribution in [0.3, 0.4) is 0 Å². The van der Waals surface area contributed by atoms with E-state index < -0.39 is 16.6 Å². The topological polar surface area (TPSA) is 36.9 Å². The van der Waals surface area contributed by atoms with Crippen LogP contribution in [0.5, 0.6) is 0 Å². The highest BCUT2D eigenvalue weighted by molar-refractivity contribution is 6.78. The fourth-order valence-corrected chi connectivity index (χ4v) is 19.3. The molecule has 0 saturated heterocycles. The number of methoxy groups -OCH3 is 1. The van der Waals surface area contributed by atoms with Gasteiger partial charge in [-0.1, -0.05) is 102 Å². The van der Waals surface area contributed by atoms with Crippen LogP contribution in [-0.2, 0) is 18.3 Å². The van der Waals surface area contributed by atoms with Crippen molar-refractivity contribution in [3.05, 3.63) is 23.0 Å². The van der Waals surface area contributed by atoms with E-state index in [1.165, 1.54) is 16.9 Å². The van der Waals surface area contributed by atoms with Gasteiger partial charge in [-0.2, -0.15) is 0 Å². The molecule has 0 aromatic rings. The summed E-state index contributed by atoms with van der Waals surface area (Å²) in [6.45, 7) is 37.4. The van der Waals surface area contributed by atoms with E-state index in [0.29, 0.717) is 59.2 Å². The summed E-state index contributed by atoms with van der Waals surface area (Å²) >= 11 is 0. The van der Waals surface area contributed by atoms with Crippen LogP contribution in [0.1, 0.15) is 130 Å². The second-order valence-electron chi connectivity index (χ2n) is 15.2. The maximum Gasteiger partial charge on any atom is 0.258 e. The molecule has 0 aliphatic heterocycles. The highest BCUT2D eigenvalue weighted by atomic mass is 28.4. The van der Waals surface area contributed by atoms with E-state index in [-0.39, 0.29) is 5.41 Å².